The van der Waals surface area contributed by atoms with Crippen molar-refractivity contribution in [1.82, 2.24) is 0 Å². The molecule has 0 fully saturated rings. The zero-order valence-corrected chi connectivity index (χ0v) is 16.2. The molecule has 0 saturated heterocycles. The first-order valence-electron chi connectivity index (χ1n) is 9.13. The van der Waals surface area contributed by atoms with Crippen molar-refractivity contribution in [3.05, 3.63) is 28.8 Å². The molecular weight excluding hydrogens is 300 g/mol. The van der Waals surface area contributed by atoms with Gasteiger partial charge in [-0.25, -0.2) is 0 Å². The fourth-order valence-corrected chi connectivity index (χ4v) is 2.76. The highest BCUT2D eigenvalue weighted by Gasteiger charge is 2.20. The predicted molar refractivity (Wildman–Crippen MR) is 99.5 cm³/mol. The van der Waals surface area contributed by atoms with Crippen molar-refractivity contribution in [3.63, 3.8) is 0 Å². The number of unbranched alkanes of at least 4 members (excludes halogenated alkanes) is 1. The lowest BCUT2D eigenvalue weighted by atomic mass is 9.83. The van der Waals surface area contributed by atoms with Gasteiger partial charge in [-0.1, -0.05) is 59.6 Å². The molecular formula is C21H34O3. The van der Waals surface area contributed by atoms with Crippen LogP contribution in [0.25, 0.3) is 0 Å². The number of aromatic hydroxyl groups is 1. The predicted octanol–water partition coefficient (Wildman–Crippen LogP) is 5.30. The van der Waals surface area contributed by atoms with Crippen molar-refractivity contribution in [1.29, 1.82) is 0 Å². The van der Waals surface area contributed by atoms with Crippen molar-refractivity contribution < 1.29 is 14.6 Å². The van der Waals surface area contributed by atoms with E-state index in [0.717, 1.165) is 23.1 Å². The van der Waals surface area contributed by atoms with E-state index in [9.17, 15) is 9.90 Å². The number of rotatable bonds is 8. The first-order chi connectivity index (χ1) is 11.1. The molecule has 1 aromatic rings. The summed E-state index contributed by atoms with van der Waals surface area (Å²) in [6, 6.07) is 3.97. The summed E-state index contributed by atoms with van der Waals surface area (Å²) in [5.41, 5.74) is 2.74. The molecule has 1 rings (SSSR count). The Balaban J connectivity index is 2.58. The van der Waals surface area contributed by atoms with Gasteiger partial charge in [-0.3, -0.25) is 4.79 Å². The zero-order chi connectivity index (χ0) is 18.3. The fourth-order valence-electron chi connectivity index (χ4n) is 2.76. The van der Waals surface area contributed by atoms with Gasteiger partial charge in [-0.2, -0.15) is 0 Å². The lowest BCUT2D eigenvalue weighted by Gasteiger charge is -2.22. The number of phenols is 1. The minimum absolute atomic E-state index is 0.125. The molecule has 0 aliphatic rings. The number of benzene rings is 1. The van der Waals surface area contributed by atoms with Crippen LogP contribution in [0.4, 0.5) is 0 Å². The second-order valence-electron chi connectivity index (χ2n) is 7.99. The molecule has 3 nitrogen and oxygen atoms in total. The van der Waals surface area contributed by atoms with Gasteiger partial charge in [0.25, 0.3) is 0 Å². The molecule has 3 heteroatoms. The van der Waals surface area contributed by atoms with Gasteiger partial charge < -0.3 is 9.84 Å². The van der Waals surface area contributed by atoms with Crippen molar-refractivity contribution >= 4 is 5.97 Å². The first-order valence-corrected chi connectivity index (χ1v) is 9.13. The summed E-state index contributed by atoms with van der Waals surface area (Å²) in [5, 5.41) is 10.3. The average Bonchev–Trinajstić information content (AvgIpc) is 2.50. The molecule has 1 atom stereocenters. The zero-order valence-electron chi connectivity index (χ0n) is 16.2. The Labute approximate surface area is 147 Å². The fraction of sp³-hybridized carbons (Fsp3) is 0.667. The smallest absolute Gasteiger partial charge is 0.306 e. The molecule has 0 saturated carbocycles. The van der Waals surface area contributed by atoms with Gasteiger partial charge in [-0.15, -0.1) is 0 Å². The number of hydrogen-bond acceptors (Lipinski definition) is 3. The highest BCUT2D eigenvalue weighted by molar-refractivity contribution is 5.69. The van der Waals surface area contributed by atoms with Crippen LogP contribution < -0.4 is 0 Å². The van der Waals surface area contributed by atoms with Gasteiger partial charge in [0.2, 0.25) is 0 Å². The molecule has 0 amide bonds. The number of aryl methyl sites for hydroxylation is 2. The van der Waals surface area contributed by atoms with Crippen molar-refractivity contribution in [3.8, 4) is 5.75 Å². The molecule has 136 valence electrons. The Morgan fingerprint density at radius 1 is 1.29 bits per heavy atom. The maximum atomic E-state index is 12.0. The SMILES string of the molecule is CCCCC(C)COC(=O)CCc1cc(C)c(O)c(C(C)(C)C)c1. The Morgan fingerprint density at radius 3 is 2.54 bits per heavy atom. The minimum Gasteiger partial charge on any atom is -0.507 e. The van der Waals surface area contributed by atoms with Gasteiger partial charge in [-0.05, 0) is 47.8 Å². The van der Waals surface area contributed by atoms with Gasteiger partial charge in [0.1, 0.15) is 5.75 Å². The first kappa shape index (κ1) is 20.5. The van der Waals surface area contributed by atoms with Crippen LogP contribution in [0.1, 0.15) is 77.0 Å². The molecule has 24 heavy (non-hydrogen) atoms. The quantitative estimate of drug-likeness (QED) is 0.656. The van der Waals surface area contributed by atoms with Gasteiger partial charge >= 0.3 is 5.97 Å². The monoisotopic (exact) mass is 334 g/mol. The summed E-state index contributed by atoms with van der Waals surface area (Å²) in [6.45, 7) is 13.0. The molecule has 0 aliphatic heterocycles. The normalized spacial score (nSPS) is 12.9. The van der Waals surface area contributed by atoms with Crippen molar-refractivity contribution in [2.45, 2.75) is 79.1 Å². The van der Waals surface area contributed by atoms with E-state index in [2.05, 4.69) is 34.6 Å². The van der Waals surface area contributed by atoms with Crippen LogP contribution in [-0.2, 0) is 21.4 Å². The van der Waals surface area contributed by atoms with Crippen LogP contribution in [0, 0.1) is 12.8 Å². The third-order valence-electron chi connectivity index (χ3n) is 4.37. The van der Waals surface area contributed by atoms with E-state index in [1.807, 2.05) is 19.1 Å². The van der Waals surface area contributed by atoms with Gasteiger partial charge in [0, 0.05) is 6.42 Å². The highest BCUT2D eigenvalue weighted by atomic mass is 16.5. The largest absolute Gasteiger partial charge is 0.507 e. The van der Waals surface area contributed by atoms with E-state index in [1.54, 1.807) is 0 Å². The highest BCUT2D eigenvalue weighted by Crippen LogP contribution is 2.34. The van der Waals surface area contributed by atoms with Crippen molar-refractivity contribution in [2.75, 3.05) is 6.61 Å². The average molecular weight is 335 g/mol. The van der Waals surface area contributed by atoms with Crippen LogP contribution in [-0.4, -0.2) is 17.7 Å². The van der Waals surface area contributed by atoms with E-state index in [-0.39, 0.29) is 11.4 Å². The summed E-state index contributed by atoms with van der Waals surface area (Å²) in [4.78, 5) is 12.0. The molecule has 1 N–H and O–H groups in total. The maximum Gasteiger partial charge on any atom is 0.306 e. The van der Waals surface area contributed by atoms with Gasteiger partial charge in [0.05, 0.1) is 6.61 Å². The molecule has 0 aromatic heterocycles. The van der Waals surface area contributed by atoms with Crippen LogP contribution in [0.2, 0.25) is 0 Å². The Hall–Kier alpha value is -1.51. The second-order valence-corrected chi connectivity index (χ2v) is 7.99. The molecule has 0 spiro atoms. The van der Waals surface area contributed by atoms with E-state index < -0.39 is 0 Å². The Bertz CT molecular complexity index is 541. The summed E-state index contributed by atoms with van der Waals surface area (Å²) in [6.07, 6.45) is 4.49. The molecule has 0 aliphatic carbocycles. The summed E-state index contributed by atoms with van der Waals surface area (Å²) in [5.74, 6) is 0.650. The van der Waals surface area contributed by atoms with Crippen LogP contribution >= 0.6 is 0 Å². The third kappa shape index (κ3) is 6.54. The summed E-state index contributed by atoms with van der Waals surface area (Å²) in [7, 11) is 0. The Morgan fingerprint density at radius 2 is 1.96 bits per heavy atom. The lowest BCUT2D eigenvalue weighted by molar-refractivity contribution is -0.144. The number of ether oxygens (including phenoxy) is 1. The van der Waals surface area contributed by atoms with Crippen molar-refractivity contribution in [2.24, 2.45) is 5.92 Å². The molecule has 1 unspecified atom stereocenters. The number of esters is 1. The minimum atomic E-state index is -0.138. The summed E-state index contributed by atoms with van der Waals surface area (Å²) < 4.78 is 5.39. The molecule has 0 radical (unpaired) electrons. The lowest BCUT2D eigenvalue weighted by Crippen LogP contribution is -2.14. The van der Waals surface area contributed by atoms with E-state index in [4.69, 9.17) is 4.74 Å². The van der Waals surface area contributed by atoms with E-state index in [0.29, 0.717) is 31.1 Å². The van der Waals surface area contributed by atoms with E-state index >= 15 is 0 Å². The number of phenolic OH excluding ortho intramolecular Hbond substituents is 1. The summed E-state index contributed by atoms with van der Waals surface area (Å²) >= 11 is 0. The van der Waals surface area contributed by atoms with E-state index in [1.165, 1.54) is 12.8 Å². The second kappa shape index (κ2) is 9.10. The molecule has 1 aromatic carbocycles. The molecule has 0 heterocycles. The third-order valence-corrected chi connectivity index (χ3v) is 4.37. The van der Waals surface area contributed by atoms with Gasteiger partial charge in [0.15, 0.2) is 0 Å². The number of hydrogen-bond donors (Lipinski definition) is 1. The standard InChI is InChI=1S/C21H34O3/c1-7-8-9-15(2)14-24-19(22)11-10-17-12-16(3)20(23)18(13-17)21(4,5)6/h12-13,15,23H,7-11,14H2,1-6H3. The Kier molecular flexibility index (Phi) is 7.78. The number of carbonyl (C=O) groups is 1. The van der Waals surface area contributed by atoms with Crippen LogP contribution in [0.3, 0.4) is 0 Å². The number of carbonyl (C=O) groups excluding carboxylic acids is 1. The topological polar surface area (TPSA) is 46.5 Å². The molecule has 0 bridgehead atoms. The van der Waals surface area contributed by atoms with Crippen LogP contribution in [0.15, 0.2) is 12.1 Å². The van der Waals surface area contributed by atoms with Crippen LogP contribution in [0.5, 0.6) is 5.75 Å². The maximum absolute atomic E-state index is 12.0.